The number of hydrogen-bond acceptors (Lipinski definition) is 2. The fraction of sp³-hybridized carbons (Fsp3) is 1.00. The van der Waals surface area contributed by atoms with Crippen LogP contribution in [0.25, 0.3) is 0 Å². The molecule has 0 spiro atoms. The zero-order valence-corrected chi connectivity index (χ0v) is 14.5. The molecule has 0 saturated heterocycles. The standard InChI is InChI=1S/C12H25O2.ClH.Sn/c1-4-7-10-13-12(9-6-3)14-11-8-5-2;;/h4-11H2,1-3H3;1H;/q;;+1/p-1. The summed E-state index contributed by atoms with van der Waals surface area (Å²) in [5.74, 6) is 0. The van der Waals surface area contributed by atoms with Gasteiger partial charge in [0.15, 0.2) is 0 Å². The Balaban J connectivity index is 4.09. The van der Waals surface area contributed by atoms with E-state index in [1.807, 2.05) is 0 Å². The first-order valence-electron chi connectivity index (χ1n) is 6.40. The van der Waals surface area contributed by atoms with Gasteiger partial charge in [0.1, 0.15) is 0 Å². The van der Waals surface area contributed by atoms with Crippen LogP contribution in [0.2, 0.25) is 0 Å². The zero-order valence-electron chi connectivity index (χ0n) is 10.9. The molecular formula is C12H25ClO2Sn. The summed E-state index contributed by atoms with van der Waals surface area (Å²) in [5.41, 5.74) is 0. The molecule has 0 aromatic rings. The second kappa shape index (κ2) is 11.1. The van der Waals surface area contributed by atoms with Crippen molar-refractivity contribution in [2.75, 3.05) is 13.2 Å². The van der Waals surface area contributed by atoms with E-state index in [0.29, 0.717) is 0 Å². The van der Waals surface area contributed by atoms with Gasteiger partial charge in [-0.2, -0.15) is 0 Å². The van der Waals surface area contributed by atoms with E-state index in [1.165, 1.54) is 0 Å². The van der Waals surface area contributed by atoms with E-state index < -0.39 is 20.0 Å². The maximum absolute atomic E-state index is 6.18. The molecule has 0 unspecified atom stereocenters. The summed E-state index contributed by atoms with van der Waals surface area (Å²) in [7, 11) is 6.18. The van der Waals surface area contributed by atoms with E-state index in [2.05, 4.69) is 20.8 Å². The van der Waals surface area contributed by atoms with Gasteiger partial charge in [0, 0.05) is 0 Å². The van der Waals surface area contributed by atoms with Gasteiger partial charge in [0.2, 0.25) is 0 Å². The van der Waals surface area contributed by atoms with Crippen LogP contribution in [-0.4, -0.2) is 37.0 Å². The Kier molecular flexibility index (Phi) is 11.8. The minimum absolute atomic E-state index is 0.371. The Hall–Kier alpha value is 1.01. The van der Waals surface area contributed by atoms with E-state index in [9.17, 15) is 0 Å². The second-order valence-corrected chi connectivity index (χ2v) is 7.98. The normalized spacial score (nSPS) is 12.0. The van der Waals surface area contributed by atoms with Gasteiger partial charge in [0.25, 0.3) is 0 Å². The van der Waals surface area contributed by atoms with Gasteiger partial charge in [0.05, 0.1) is 0 Å². The molecule has 16 heavy (non-hydrogen) atoms. The van der Waals surface area contributed by atoms with Crippen LogP contribution in [0, 0.1) is 0 Å². The Morgan fingerprint density at radius 2 is 1.44 bits per heavy atom. The van der Waals surface area contributed by atoms with E-state index in [4.69, 9.17) is 18.4 Å². The molecule has 0 aromatic carbocycles. The molecule has 0 heterocycles. The summed E-state index contributed by atoms with van der Waals surface area (Å²) in [4.78, 5) is 0. The zero-order chi connectivity index (χ0) is 12.3. The predicted octanol–water partition coefficient (Wildman–Crippen LogP) is 3.93. The molecule has 0 bridgehead atoms. The first-order valence-corrected chi connectivity index (χ1v) is 11.4. The van der Waals surface area contributed by atoms with Gasteiger partial charge in [-0.25, -0.2) is 0 Å². The molecule has 4 heteroatoms. The quantitative estimate of drug-likeness (QED) is 0.318. The molecule has 0 aliphatic carbocycles. The first kappa shape index (κ1) is 17.0. The van der Waals surface area contributed by atoms with Gasteiger partial charge in [-0.05, 0) is 0 Å². The van der Waals surface area contributed by atoms with Crippen molar-refractivity contribution < 1.29 is 9.47 Å². The van der Waals surface area contributed by atoms with Crippen molar-refractivity contribution in [3.8, 4) is 0 Å². The van der Waals surface area contributed by atoms with E-state index >= 15 is 0 Å². The van der Waals surface area contributed by atoms with E-state index in [-0.39, 0.29) is 3.80 Å². The number of halogens is 1. The monoisotopic (exact) mass is 356 g/mol. The first-order chi connectivity index (χ1) is 7.74. The Morgan fingerprint density at radius 3 is 1.75 bits per heavy atom. The van der Waals surface area contributed by atoms with Crippen molar-refractivity contribution in [2.45, 2.75) is 63.1 Å². The number of hydrogen-bond donors (Lipinski definition) is 0. The van der Waals surface area contributed by atoms with Gasteiger partial charge in [-0.15, -0.1) is 0 Å². The van der Waals surface area contributed by atoms with Crippen molar-refractivity contribution in [1.82, 2.24) is 0 Å². The molecule has 0 aliphatic rings. The molecule has 2 radical (unpaired) electrons. The van der Waals surface area contributed by atoms with Crippen molar-refractivity contribution in [2.24, 2.45) is 0 Å². The molecule has 0 fully saturated rings. The van der Waals surface area contributed by atoms with Crippen LogP contribution in [-0.2, 0) is 9.47 Å². The molecule has 96 valence electrons. The minimum atomic E-state index is -1.10. The Bertz CT molecular complexity index is 146. The molecular weight excluding hydrogens is 330 g/mol. The van der Waals surface area contributed by atoms with Crippen LogP contribution in [0.15, 0.2) is 0 Å². The topological polar surface area (TPSA) is 18.5 Å². The van der Waals surface area contributed by atoms with Crippen molar-refractivity contribution in [1.29, 1.82) is 0 Å². The third kappa shape index (κ3) is 7.36. The van der Waals surface area contributed by atoms with Crippen molar-refractivity contribution in [3.63, 3.8) is 0 Å². The summed E-state index contributed by atoms with van der Waals surface area (Å²) in [5, 5.41) is 0. The van der Waals surface area contributed by atoms with Crippen molar-refractivity contribution in [3.05, 3.63) is 0 Å². The molecule has 0 atom stereocenters. The third-order valence-corrected chi connectivity index (χ3v) is 6.68. The molecule has 0 aromatic heterocycles. The summed E-state index contributed by atoms with van der Waals surface area (Å²) in [6, 6.07) is 0. The maximum atomic E-state index is 6.18. The molecule has 0 saturated carbocycles. The fourth-order valence-corrected chi connectivity index (χ4v) is 4.62. The van der Waals surface area contributed by atoms with Gasteiger partial charge < -0.3 is 0 Å². The molecule has 0 rings (SSSR count). The van der Waals surface area contributed by atoms with E-state index in [1.54, 1.807) is 0 Å². The summed E-state index contributed by atoms with van der Waals surface area (Å²) >= 11 is -1.10. The molecule has 0 aliphatic heterocycles. The van der Waals surface area contributed by atoms with Crippen LogP contribution in [0.3, 0.4) is 0 Å². The Labute approximate surface area is 114 Å². The summed E-state index contributed by atoms with van der Waals surface area (Å²) < 4.78 is 11.5. The average Bonchev–Trinajstić information content (AvgIpc) is 2.29. The Morgan fingerprint density at radius 1 is 0.938 bits per heavy atom. The predicted molar refractivity (Wildman–Crippen MR) is 71.0 cm³/mol. The van der Waals surface area contributed by atoms with Crippen LogP contribution in [0.1, 0.15) is 59.3 Å². The fourth-order valence-electron chi connectivity index (χ4n) is 1.38. The third-order valence-electron chi connectivity index (χ3n) is 2.39. The number of ether oxygens (including phenoxy) is 2. The van der Waals surface area contributed by atoms with Crippen LogP contribution in [0.4, 0.5) is 0 Å². The summed E-state index contributed by atoms with van der Waals surface area (Å²) in [6.07, 6.45) is 6.54. The molecule has 0 N–H and O–H groups in total. The van der Waals surface area contributed by atoms with Crippen molar-refractivity contribution >= 4 is 28.9 Å². The van der Waals surface area contributed by atoms with Gasteiger partial charge in [-0.3, -0.25) is 0 Å². The van der Waals surface area contributed by atoms with Crippen LogP contribution >= 0.6 is 8.92 Å². The molecule has 0 amide bonds. The van der Waals surface area contributed by atoms with Gasteiger partial charge in [-0.1, -0.05) is 0 Å². The van der Waals surface area contributed by atoms with Gasteiger partial charge >= 0.3 is 115 Å². The molecule has 2 nitrogen and oxygen atoms in total. The summed E-state index contributed by atoms with van der Waals surface area (Å²) in [6.45, 7) is 8.08. The number of unbranched alkanes of at least 4 members (excludes halogenated alkanes) is 2. The SMILES string of the molecule is CCCCO[C](CCC)(OCCCC)[Sn][Cl]. The average molecular weight is 355 g/mol. The van der Waals surface area contributed by atoms with Crippen LogP contribution < -0.4 is 0 Å². The second-order valence-electron chi connectivity index (χ2n) is 4.00. The van der Waals surface area contributed by atoms with E-state index in [0.717, 1.165) is 51.7 Å². The number of rotatable bonds is 11. The van der Waals surface area contributed by atoms with Crippen LogP contribution in [0.5, 0.6) is 0 Å².